The van der Waals surface area contributed by atoms with Gasteiger partial charge in [0.05, 0.1) is 6.54 Å². The molecule has 2 aliphatic rings. The predicted octanol–water partition coefficient (Wildman–Crippen LogP) is 2.04. The van der Waals surface area contributed by atoms with Gasteiger partial charge in [-0.1, -0.05) is 6.92 Å². The second-order valence-electron chi connectivity index (χ2n) is 8.31. The van der Waals surface area contributed by atoms with Crippen LogP contribution in [0.2, 0.25) is 0 Å². The summed E-state index contributed by atoms with van der Waals surface area (Å²) >= 11 is 0. The van der Waals surface area contributed by atoms with Crippen molar-refractivity contribution in [1.29, 1.82) is 0 Å². The number of hydrogen-bond donors (Lipinski definition) is 3. The molecule has 0 aliphatic carbocycles. The number of piperidine rings is 2. The number of aromatic amines is 2. The number of carbonyl (C=O) groups is 1. The summed E-state index contributed by atoms with van der Waals surface area (Å²) in [5.41, 5.74) is 1.90. The minimum Gasteiger partial charge on any atom is -0.396 e. The summed E-state index contributed by atoms with van der Waals surface area (Å²) in [5, 5.41) is 10.1. The van der Waals surface area contributed by atoms with Crippen molar-refractivity contribution in [2.75, 3.05) is 32.8 Å². The summed E-state index contributed by atoms with van der Waals surface area (Å²) in [5.74, 6) is 1.22. The average molecular weight is 386 g/mol. The third-order valence-electron chi connectivity index (χ3n) is 6.83. The maximum absolute atomic E-state index is 12.9. The number of aromatic nitrogens is 3. The van der Waals surface area contributed by atoms with E-state index in [2.05, 4.69) is 26.8 Å². The van der Waals surface area contributed by atoms with Gasteiger partial charge in [-0.15, -0.1) is 0 Å². The number of aryl methyl sites for hydroxylation is 1. The topological polar surface area (TPSA) is 88.2 Å². The molecular formula is C21H31N5O2. The molecule has 2 aromatic rings. The van der Waals surface area contributed by atoms with Gasteiger partial charge >= 0.3 is 0 Å². The van der Waals surface area contributed by atoms with Gasteiger partial charge in [0, 0.05) is 43.7 Å². The summed E-state index contributed by atoms with van der Waals surface area (Å²) in [7, 11) is 0. The molecule has 7 nitrogen and oxygen atoms in total. The standard InChI is InChI=1S/C21H31N5O2/c1-2-17-3-4-18(24-17)20(28)26-12-7-21(16(13-26)15-27)5-10-25(11-6-21)14-19-22-8-9-23-19/h3-4,8-9,16,24,27H,2,5-7,10-15H2,1H3,(H,22,23)/t16-/m0/s1. The van der Waals surface area contributed by atoms with E-state index in [0.717, 1.165) is 63.4 Å². The molecule has 0 aromatic carbocycles. The number of hydrogen-bond acceptors (Lipinski definition) is 4. The molecule has 3 N–H and O–H groups in total. The van der Waals surface area contributed by atoms with Crippen molar-refractivity contribution < 1.29 is 9.90 Å². The molecule has 0 unspecified atom stereocenters. The minimum absolute atomic E-state index is 0.0586. The predicted molar refractivity (Wildman–Crippen MR) is 107 cm³/mol. The van der Waals surface area contributed by atoms with Gasteiger partial charge in [-0.25, -0.2) is 4.98 Å². The Morgan fingerprint density at radius 2 is 2.07 bits per heavy atom. The highest BCUT2D eigenvalue weighted by Crippen LogP contribution is 2.45. The van der Waals surface area contributed by atoms with E-state index in [-0.39, 0.29) is 23.8 Å². The normalized spacial score (nSPS) is 22.6. The van der Waals surface area contributed by atoms with Gasteiger partial charge in [0.2, 0.25) is 0 Å². The molecular weight excluding hydrogens is 354 g/mol. The van der Waals surface area contributed by atoms with Crippen LogP contribution in [-0.4, -0.2) is 68.6 Å². The second-order valence-corrected chi connectivity index (χ2v) is 8.31. The number of amides is 1. The van der Waals surface area contributed by atoms with Crippen LogP contribution < -0.4 is 0 Å². The number of rotatable bonds is 5. The van der Waals surface area contributed by atoms with E-state index in [4.69, 9.17) is 0 Å². The molecule has 4 heterocycles. The molecule has 7 heteroatoms. The van der Waals surface area contributed by atoms with E-state index < -0.39 is 0 Å². The summed E-state index contributed by atoms with van der Waals surface area (Å²) < 4.78 is 0. The molecule has 2 fully saturated rings. The van der Waals surface area contributed by atoms with Crippen LogP contribution in [0.3, 0.4) is 0 Å². The molecule has 1 spiro atoms. The van der Waals surface area contributed by atoms with Crippen molar-refractivity contribution in [3.8, 4) is 0 Å². The lowest BCUT2D eigenvalue weighted by Gasteiger charge is -2.51. The molecule has 1 amide bonds. The highest BCUT2D eigenvalue weighted by molar-refractivity contribution is 5.92. The fourth-order valence-corrected chi connectivity index (χ4v) is 4.90. The number of H-pyrrole nitrogens is 2. The highest BCUT2D eigenvalue weighted by atomic mass is 16.3. The quantitative estimate of drug-likeness (QED) is 0.735. The Balaban J connectivity index is 1.37. The number of imidazole rings is 1. The molecule has 152 valence electrons. The van der Waals surface area contributed by atoms with E-state index in [1.54, 1.807) is 6.20 Å². The van der Waals surface area contributed by atoms with Gasteiger partial charge in [0.1, 0.15) is 11.5 Å². The molecule has 1 atom stereocenters. The summed E-state index contributed by atoms with van der Waals surface area (Å²) in [6.07, 6.45) is 7.67. The Morgan fingerprint density at radius 1 is 1.29 bits per heavy atom. The van der Waals surface area contributed by atoms with E-state index in [1.807, 2.05) is 23.2 Å². The van der Waals surface area contributed by atoms with Crippen LogP contribution in [0.15, 0.2) is 24.5 Å². The summed E-state index contributed by atoms with van der Waals surface area (Å²) in [6, 6.07) is 3.86. The Labute approximate surface area is 166 Å². The Morgan fingerprint density at radius 3 is 2.71 bits per heavy atom. The van der Waals surface area contributed by atoms with Crippen molar-refractivity contribution in [3.63, 3.8) is 0 Å². The molecule has 2 saturated heterocycles. The molecule has 0 bridgehead atoms. The Hall–Kier alpha value is -2.12. The van der Waals surface area contributed by atoms with Crippen molar-refractivity contribution >= 4 is 5.91 Å². The number of likely N-dealkylation sites (tertiary alicyclic amines) is 2. The first-order chi connectivity index (χ1) is 13.6. The highest BCUT2D eigenvalue weighted by Gasteiger charge is 2.45. The Bertz CT molecular complexity index is 777. The molecule has 2 aliphatic heterocycles. The van der Waals surface area contributed by atoms with E-state index in [1.165, 1.54) is 0 Å². The van der Waals surface area contributed by atoms with Crippen LogP contribution in [0.4, 0.5) is 0 Å². The number of nitrogens with zero attached hydrogens (tertiary/aromatic N) is 3. The van der Waals surface area contributed by atoms with E-state index in [9.17, 15) is 9.90 Å². The minimum atomic E-state index is 0.0586. The van der Waals surface area contributed by atoms with Crippen LogP contribution in [-0.2, 0) is 13.0 Å². The van der Waals surface area contributed by atoms with Gasteiger partial charge in [-0.05, 0) is 56.3 Å². The van der Waals surface area contributed by atoms with E-state index in [0.29, 0.717) is 12.2 Å². The van der Waals surface area contributed by atoms with Crippen LogP contribution in [0.25, 0.3) is 0 Å². The molecule has 28 heavy (non-hydrogen) atoms. The summed E-state index contributed by atoms with van der Waals surface area (Å²) in [4.78, 5) is 28.0. The van der Waals surface area contributed by atoms with Gasteiger partial charge in [-0.2, -0.15) is 0 Å². The fourth-order valence-electron chi connectivity index (χ4n) is 4.90. The van der Waals surface area contributed by atoms with Crippen LogP contribution in [0, 0.1) is 11.3 Å². The molecule has 0 saturated carbocycles. The zero-order chi connectivity index (χ0) is 19.6. The van der Waals surface area contributed by atoms with Crippen molar-refractivity contribution in [3.05, 3.63) is 41.7 Å². The number of aliphatic hydroxyl groups excluding tert-OH is 1. The first kappa shape index (κ1) is 19.2. The van der Waals surface area contributed by atoms with Gasteiger partial charge in [-0.3, -0.25) is 9.69 Å². The lowest BCUT2D eigenvalue weighted by Crippen LogP contribution is -2.54. The van der Waals surface area contributed by atoms with Gasteiger partial charge in [0.25, 0.3) is 5.91 Å². The number of nitrogens with one attached hydrogen (secondary N) is 2. The van der Waals surface area contributed by atoms with Crippen LogP contribution >= 0.6 is 0 Å². The smallest absolute Gasteiger partial charge is 0.270 e. The zero-order valence-corrected chi connectivity index (χ0v) is 16.7. The third kappa shape index (κ3) is 3.73. The monoisotopic (exact) mass is 385 g/mol. The summed E-state index contributed by atoms with van der Waals surface area (Å²) in [6.45, 7) is 6.52. The SMILES string of the molecule is CCc1ccc(C(=O)N2CCC3(CCN(Cc4ncc[nH]4)CC3)[C@H](CO)C2)[nH]1. The van der Waals surface area contributed by atoms with Crippen LogP contribution in [0.1, 0.15) is 48.2 Å². The number of carbonyl (C=O) groups excluding carboxylic acids is 1. The van der Waals surface area contributed by atoms with Crippen molar-refractivity contribution in [1.82, 2.24) is 24.8 Å². The third-order valence-corrected chi connectivity index (χ3v) is 6.83. The lowest BCUT2D eigenvalue weighted by molar-refractivity contribution is -0.0369. The van der Waals surface area contributed by atoms with Crippen molar-refractivity contribution in [2.45, 2.75) is 39.2 Å². The zero-order valence-electron chi connectivity index (χ0n) is 16.7. The molecule has 2 aromatic heterocycles. The van der Waals surface area contributed by atoms with Gasteiger partial charge in [0.15, 0.2) is 0 Å². The van der Waals surface area contributed by atoms with Crippen molar-refractivity contribution in [2.24, 2.45) is 11.3 Å². The first-order valence-electron chi connectivity index (χ1n) is 10.4. The average Bonchev–Trinajstić information content (AvgIpc) is 3.41. The second kappa shape index (κ2) is 8.09. The van der Waals surface area contributed by atoms with E-state index >= 15 is 0 Å². The Kier molecular flexibility index (Phi) is 5.55. The maximum atomic E-state index is 12.9. The largest absolute Gasteiger partial charge is 0.396 e. The first-order valence-corrected chi connectivity index (χ1v) is 10.4. The van der Waals surface area contributed by atoms with Gasteiger partial charge < -0.3 is 20.0 Å². The fraction of sp³-hybridized carbons (Fsp3) is 0.619. The number of aliphatic hydroxyl groups is 1. The molecule has 4 rings (SSSR count). The van der Waals surface area contributed by atoms with Crippen LogP contribution in [0.5, 0.6) is 0 Å². The maximum Gasteiger partial charge on any atom is 0.270 e. The lowest BCUT2D eigenvalue weighted by atomic mass is 9.64. The molecule has 0 radical (unpaired) electrons.